The maximum absolute atomic E-state index is 6.37. The maximum atomic E-state index is 6.37. The van der Waals surface area contributed by atoms with Crippen molar-refractivity contribution < 1.29 is 0 Å². The van der Waals surface area contributed by atoms with E-state index in [-0.39, 0.29) is 16.9 Å². The van der Waals surface area contributed by atoms with E-state index in [0.717, 1.165) is 6.42 Å². The minimum Gasteiger partial charge on any atom is -0.326 e. The predicted molar refractivity (Wildman–Crippen MR) is 77.2 cm³/mol. The van der Waals surface area contributed by atoms with Crippen molar-refractivity contribution in [1.82, 2.24) is 0 Å². The van der Waals surface area contributed by atoms with Crippen LogP contribution in [0.4, 0.5) is 0 Å². The third kappa shape index (κ3) is 2.94. The van der Waals surface area contributed by atoms with E-state index in [1.54, 1.807) is 0 Å². The summed E-state index contributed by atoms with van der Waals surface area (Å²) in [7, 11) is 0. The molecule has 1 aliphatic rings. The molecule has 1 aromatic rings. The summed E-state index contributed by atoms with van der Waals surface area (Å²) < 4.78 is 0. The van der Waals surface area contributed by atoms with E-state index in [1.807, 2.05) is 0 Å². The molecule has 2 rings (SSSR count). The van der Waals surface area contributed by atoms with Crippen molar-refractivity contribution in [2.75, 3.05) is 0 Å². The van der Waals surface area contributed by atoms with Gasteiger partial charge in [-0.05, 0) is 39.2 Å². The van der Waals surface area contributed by atoms with E-state index in [9.17, 15) is 0 Å². The Morgan fingerprint density at radius 1 is 1.22 bits per heavy atom. The van der Waals surface area contributed by atoms with Crippen molar-refractivity contribution in [3.63, 3.8) is 0 Å². The molecule has 0 amide bonds. The summed E-state index contributed by atoms with van der Waals surface area (Å²) in [5.41, 5.74) is 8.03. The van der Waals surface area contributed by atoms with Gasteiger partial charge in [0.25, 0.3) is 0 Å². The van der Waals surface area contributed by atoms with Crippen LogP contribution in [0.1, 0.15) is 45.6 Å². The van der Waals surface area contributed by atoms with E-state index in [1.165, 1.54) is 18.4 Å². The van der Waals surface area contributed by atoms with Gasteiger partial charge < -0.3 is 5.73 Å². The zero-order valence-corrected chi connectivity index (χ0v) is 11.7. The highest BCUT2D eigenvalue weighted by Crippen LogP contribution is 2.50. The minimum absolute atomic E-state index is 0.0726. The van der Waals surface area contributed by atoms with Gasteiger partial charge in [0, 0.05) is 23.3 Å². The fourth-order valence-electron chi connectivity index (χ4n) is 2.40. The quantitative estimate of drug-likeness (QED) is 0.805. The molecule has 1 fully saturated rings. The van der Waals surface area contributed by atoms with Gasteiger partial charge in [-0.2, -0.15) is 0 Å². The van der Waals surface area contributed by atoms with Crippen LogP contribution in [0, 0.1) is 17.3 Å². The van der Waals surface area contributed by atoms with Gasteiger partial charge in [0.05, 0.1) is 0 Å². The smallest absolute Gasteiger partial charge is 0.0250 e. The summed E-state index contributed by atoms with van der Waals surface area (Å²) in [4.78, 5) is 0. The molecule has 0 saturated heterocycles. The predicted octanol–water partition coefficient (Wildman–Crippen LogP) is 3.49. The lowest BCUT2D eigenvalue weighted by Gasteiger charge is -2.22. The van der Waals surface area contributed by atoms with Crippen LogP contribution in [0.3, 0.4) is 0 Å². The molecule has 1 unspecified atom stereocenters. The third-order valence-corrected chi connectivity index (χ3v) is 3.63. The first-order chi connectivity index (χ1) is 8.44. The van der Waals surface area contributed by atoms with Gasteiger partial charge in [0.1, 0.15) is 0 Å². The molecule has 0 heterocycles. The molecule has 0 bridgehead atoms. The van der Waals surface area contributed by atoms with Crippen LogP contribution < -0.4 is 5.73 Å². The van der Waals surface area contributed by atoms with Crippen LogP contribution in [0.2, 0.25) is 0 Å². The second kappa shape index (κ2) is 4.78. The summed E-state index contributed by atoms with van der Waals surface area (Å²) in [5.74, 6) is 6.54. The average molecular weight is 241 g/mol. The van der Waals surface area contributed by atoms with Gasteiger partial charge in [0.15, 0.2) is 0 Å². The summed E-state index contributed by atoms with van der Waals surface area (Å²) in [6.07, 6.45) is 3.21. The van der Waals surface area contributed by atoms with Gasteiger partial charge in [-0.25, -0.2) is 0 Å². The highest BCUT2D eigenvalue weighted by Gasteiger charge is 2.48. The molecule has 18 heavy (non-hydrogen) atoms. The van der Waals surface area contributed by atoms with Crippen molar-refractivity contribution in [2.24, 2.45) is 11.1 Å². The maximum Gasteiger partial charge on any atom is 0.0250 e. The average Bonchev–Trinajstić information content (AvgIpc) is 3.09. The SMILES string of the molecule is CC(C)(C)C#CCC(N)C1(c2ccccc2)CC1. The molecule has 1 nitrogen and oxygen atoms in total. The zero-order valence-electron chi connectivity index (χ0n) is 11.7. The normalized spacial score (nSPS) is 18.7. The van der Waals surface area contributed by atoms with E-state index < -0.39 is 0 Å². The molecule has 0 spiro atoms. The fourth-order valence-corrected chi connectivity index (χ4v) is 2.40. The monoisotopic (exact) mass is 241 g/mol. The molecule has 1 saturated carbocycles. The Morgan fingerprint density at radius 3 is 2.33 bits per heavy atom. The van der Waals surface area contributed by atoms with Gasteiger partial charge in [0.2, 0.25) is 0 Å². The first-order valence-electron chi connectivity index (χ1n) is 6.75. The van der Waals surface area contributed by atoms with Crippen molar-refractivity contribution in [3.8, 4) is 11.8 Å². The lowest BCUT2D eigenvalue weighted by molar-refractivity contribution is 0.524. The summed E-state index contributed by atoms with van der Waals surface area (Å²) in [6.45, 7) is 6.40. The van der Waals surface area contributed by atoms with Gasteiger partial charge >= 0.3 is 0 Å². The zero-order chi connectivity index (χ0) is 13.2. The van der Waals surface area contributed by atoms with Crippen LogP contribution in [0.15, 0.2) is 30.3 Å². The molecule has 1 aliphatic carbocycles. The highest BCUT2D eigenvalue weighted by molar-refractivity contribution is 5.34. The van der Waals surface area contributed by atoms with Crippen LogP contribution in [0.25, 0.3) is 0 Å². The van der Waals surface area contributed by atoms with E-state index in [0.29, 0.717) is 0 Å². The lowest BCUT2D eigenvalue weighted by atomic mass is 9.86. The van der Waals surface area contributed by atoms with Crippen molar-refractivity contribution in [2.45, 2.75) is 51.5 Å². The molecule has 1 atom stereocenters. The first-order valence-corrected chi connectivity index (χ1v) is 6.75. The molecular formula is C17H23N. The Kier molecular flexibility index (Phi) is 3.50. The van der Waals surface area contributed by atoms with Crippen molar-refractivity contribution >= 4 is 0 Å². The summed E-state index contributed by atoms with van der Waals surface area (Å²) >= 11 is 0. The van der Waals surface area contributed by atoms with Gasteiger partial charge in [-0.3, -0.25) is 0 Å². The molecule has 1 aromatic carbocycles. The number of hydrogen-bond donors (Lipinski definition) is 1. The first kappa shape index (κ1) is 13.2. The standard InChI is InChI=1S/C17H23N/c1-16(2,3)11-7-10-15(18)17(12-13-17)14-8-5-4-6-9-14/h4-6,8-9,15H,10,12-13,18H2,1-3H3. The van der Waals surface area contributed by atoms with Gasteiger partial charge in [-0.1, -0.05) is 36.3 Å². The molecule has 2 N–H and O–H groups in total. The van der Waals surface area contributed by atoms with Crippen molar-refractivity contribution in [3.05, 3.63) is 35.9 Å². The van der Waals surface area contributed by atoms with E-state index >= 15 is 0 Å². The number of benzene rings is 1. The van der Waals surface area contributed by atoms with E-state index in [4.69, 9.17) is 5.73 Å². The Hall–Kier alpha value is -1.26. The Labute approximate surface area is 111 Å². The molecule has 1 heteroatoms. The minimum atomic E-state index is 0.0726. The summed E-state index contributed by atoms with van der Waals surface area (Å²) in [5, 5.41) is 0. The highest BCUT2D eigenvalue weighted by atomic mass is 14.7. The number of rotatable bonds is 3. The molecule has 0 aliphatic heterocycles. The van der Waals surface area contributed by atoms with Crippen LogP contribution in [-0.2, 0) is 5.41 Å². The molecule has 0 aromatic heterocycles. The number of hydrogen-bond acceptors (Lipinski definition) is 1. The lowest BCUT2D eigenvalue weighted by Crippen LogP contribution is -2.34. The van der Waals surface area contributed by atoms with E-state index in [2.05, 4.69) is 62.9 Å². The van der Waals surface area contributed by atoms with Crippen LogP contribution in [-0.4, -0.2) is 6.04 Å². The number of nitrogens with two attached hydrogens (primary N) is 1. The fraction of sp³-hybridized carbons (Fsp3) is 0.529. The molecular weight excluding hydrogens is 218 g/mol. The van der Waals surface area contributed by atoms with Gasteiger partial charge in [-0.15, -0.1) is 5.92 Å². The molecule has 96 valence electrons. The van der Waals surface area contributed by atoms with Crippen LogP contribution in [0.5, 0.6) is 0 Å². The Bertz CT molecular complexity index is 452. The van der Waals surface area contributed by atoms with Crippen molar-refractivity contribution in [1.29, 1.82) is 0 Å². The second-order valence-corrected chi connectivity index (χ2v) is 6.38. The molecule has 0 radical (unpaired) electrons. The largest absolute Gasteiger partial charge is 0.326 e. The van der Waals surface area contributed by atoms with Crippen LogP contribution >= 0.6 is 0 Å². The Morgan fingerprint density at radius 2 is 1.83 bits per heavy atom. The second-order valence-electron chi connectivity index (χ2n) is 6.38. The summed E-state index contributed by atoms with van der Waals surface area (Å²) in [6, 6.07) is 10.8. The topological polar surface area (TPSA) is 26.0 Å². The third-order valence-electron chi connectivity index (χ3n) is 3.63. The Balaban J connectivity index is 2.05.